The Balaban J connectivity index is 1.73. The minimum atomic E-state index is -0.833. The molecule has 1 aliphatic heterocycles. The van der Waals surface area contributed by atoms with Gasteiger partial charge in [-0.3, -0.25) is 4.79 Å². The Morgan fingerprint density at radius 3 is 2.65 bits per heavy atom. The van der Waals surface area contributed by atoms with Crippen LogP contribution in [0.15, 0.2) is 30.3 Å². The number of carboxylic acids is 1. The summed E-state index contributed by atoms with van der Waals surface area (Å²) in [5.74, 6) is -0.119. The van der Waals surface area contributed by atoms with E-state index in [0.29, 0.717) is 18.9 Å². The molecule has 4 unspecified atom stereocenters. The average Bonchev–Trinajstić information content (AvgIpc) is 3.13. The van der Waals surface area contributed by atoms with Crippen molar-refractivity contribution in [2.24, 2.45) is 11.8 Å². The lowest BCUT2D eigenvalue weighted by molar-refractivity contribution is -0.149. The fourth-order valence-electron chi connectivity index (χ4n) is 4.43. The van der Waals surface area contributed by atoms with E-state index in [1.54, 1.807) is 4.90 Å². The van der Waals surface area contributed by atoms with Crippen molar-refractivity contribution in [1.29, 1.82) is 0 Å². The van der Waals surface area contributed by atoms with Crippen LogP contribution in [-0.2, 0) is 9.59 Å². The van der Waals surface area contributed by atoms with Crippen LogP contribution in [0.4, 0.5) is 0 Å². The summed E-state index contributed by atoms with van der Waals surface area (Å²) < 4.78 is 0. The molecule has 1 aliphatic carbocycles. The Labute approximate surface area is 137 Å². The van der Waals surface area contributed by atoms with E-state index in [4.69, 9.17) is 0 Å². The average molecular weight is 315 g/mol. The molecule has 1 saturated carbocycles. The van der Waals surface area contributed by atoms with E-state index in [2.05, 4.69) is 19.1 Å². The van der Waals surface area contributed by atoms with Gasteiger partial charge < -0.3 is 10.0 Å². The van der Waals surface area contributed by atoms with E-state index < -0.39 is 12.0 Å². The van der Waals surface area contributed by atoms with Gasteiger partial charge in [0.2, 0.25) is 5.91 Å². The molecule has 1 amide bonds. The van der Waals surface area contributed by atoms with Crippen LogP contribution >= 0.6 is 0 Å². The zero-order chi connectivity index (χ0) is 16.4. The quantitative estimate of drug-likeness (QED) is 0.907. The number of likely N-dealkylation sites (tertiary alicyclic amines) is 1. The topological polar surface area (TPSA) is 57.6 Å². The number of rotatable bonds is 5. The third-order valence-electron chi connectivity index (χ3n) is 5.65. The third-order valence-corrected chi connectivity index (χ3v) is 5.65. The molecule has 0 aromatic heterocycles. The zero-order valence-corrected chi connectivity index (χ0v) is 13.6. The van der Waals surface area contributed by atoms with Crippen molar-refractivity contribution in [2.45, 2.75) is 51.0 Å². The maximum Gasteiger partial charge on any atom is 0.326 e. The SMILES string of the molecule is CCC(CC(=O)N1CC2CCCC2C1C(=O)O)c1ccccc1. The van der Waals surface area contributed by atoms with E-state index in [1.807, 2.05) is 18.2 Å². The highest BCUT2D eigenvalue weighted by atomic mass is 16.4. The van der Waals surface area contributed by atoms with Crippen LogP contribution in [0.2, 0.25) is 0 Å². The molecule has 124 valence electrons. The molecule has 1 aromatic carbocycles. The molecule has 1 heterocycles. The van der Waals surface area contributed by atoms with Crippen LogP contribution in [0.1, 0.15) is 50.5 Å². The number of fused-ring (bicyclic) bond motifs is 1. The molecule has 4 nitrogen and oxygen atoms in total. The molecule has 3 rings (SSSR count). The molecule has 1 saturated heterocycles. The van der Waals surface area contributed by atoms with E-state index in [-0.39, 0.29) is 17.7 Å². The Morgan fingerprint density at radius 2 is 2.00 bits per heavy atom. The maximum absolute atomic E-state index is 12.8. The molecule has 1 aromatic rings. The smallest absolute Gasteiger partial charge is 0.326 e. The molecule has 0 spiro atoms. The number of amides is 1. The minimum Gasteiger partial charge on any atom is -0.480 e. The number of hydrogen-bond acceptors (Lipinski definition) is 2. The summed E-state index contributed by atoms with van der Waals surface area (Å²) in [4.78, 5) is 26.1. The van der Waals surface area contributed by atoms with E-state index in [0.717, 1.165) is 31.2 Å². The predicted molar refractivity (Wildman–Crippen MR) is 88.1 cm³/mol. The van der Waals surface area contributed by atoms with Crippen molar-refractivity contribution >= 4 is 11.9 Å². The number of hydrogen-bond donors (Lipinski definition) is 1. The standard InChI is InChI=1S/C19H25NO3/c1-2-13(14-7-4-3-5-8-14)11-17(21)20-12-15-9-6-10-16(15)18(20)19(22)23/h3-5,7-8,13,15-16,18H,2,6,9-12H2,1H3,(H,22,23). The molecule has 0 radical (unpaired) electrons. The Bertz CT molecular complexity index is 571. The maximum atomic E-state index is 12.8. The van der Waals surface area contributed by atoms with Crippen molar-refractivity contribution in [2.75, 3.05) is 6.54 Å². The summed E-state index contributed by atoms with van der Waals surface area (Å²) in [6.45, 7) is 2.71. The largest absolute Gasteiger partial charge is 0.480 e. The van der Waals surface area contributed by atoms with Gasteiger partial charge in [0, 0.05) is 13.0 Å². The van der Waals surface area contributed by atoms with Crippen molar-refractivity contribution in [1.82, 2.24) is 4.90 Å². The second-order valence-corrected chi connectivity index (χ2v) is 6.90. The first-order chi connectivity index (χ1) is 11.1. The van der Waals surface area contributed by atoms with Crippen molar-refractivity contribution < 1.29 is 14.7 Å². The molecule has 23 heavy (non-hydrogen) atoms. The summed E-state index contributed by atoms with van der Waals surface area (Å²) in [6.07, 6.45) is 4.40. The number of benzene rings is 1. The number of carbonyl (C=O) groups excluding carboxylic acids is 1. The summed E-state index contributed by atoms with van der Waals surface area (Å²) in [6, 6.07) is 9.44. The van der Waals surface area contributed by atoms with Crippen molar-refractivity contribution in [3.8, 4) is 0 Å². The number of carbonyl (C=O) groups is 2. The molecular formula is C19H25NO3. The van der Waals surface area contributed by atoms with Gasteiger partial charge in [-0.05, 0) is 42.6 Å². The lowest BCUT2D eigenvalue weighted by Gasteiger charge is -2.26. The van der Waals surface area contributed by atoms with Gasteiger partial charge in [0.1, 0.15) is 6.04 Å². The van der Waals surface area contributed by atoms with Gasteiger partial charge in [-0.25, -0.2) is 4.79 Å². The fourth-order valence-corrected chi connectivity index (χ4v) is 4.43. The minimum absolute atomic E-state index is 0.00232. The first-order valence-corrected chi connectivity index (χ1v) is 8.69. The predicted octanol–water partition coefficient (Wildman–Crippen LogP) is 3.28. The molecule has 1 N–H and O–H groups in total. The highest BCUT2D eigenvalue weighted by Gasteiger charge is 2.49. The first kappa shape index (κ1) is 16.0. The van der Waals surface area contributed by atoms with Crippen molar-refractivity contribution in [3.05, 3.63) is 35.9 Å². The molecule has 2 fully saturated rings. The summed E-state index contributed by atoms with van der Waals surface area (Å²) in [7, 11) is 0. The van der Waals surface area contributed by atoms with Gasteiger partial charge in [0.25, 0.3) is 0 Å². The van der Waals surface area contributed by atoms with Gasteiger partial charge >= 0.3 is 5.97 Å². The van der Waals surface area contributed by atoms with Gasteiger partial charge in [-0.2, -0.15) is 0 Å². The Kier molecular flexibility index (Phi) is 4.69. The van der Waals surface area contributed by atoms with Crippen LogP contribution in [0, 0.1) is 11.8 Å². The van der Waals surface area contributed by atoms with Crippen LogP contribution in [0.5, 0.6) is 0 Å². The van der Waals surface area contributed by atoms with Crippen LogP contribution < -0.4 is 0 Å². The molecule has 2 aliphatic rings. The van der Waals surface area contributed by atoms with Gasteiger partial charge in [0.15, 0.2) is 0 Å². The number of carboxylic acid groups (broad SMARTS) is 1. The third kappa shape index (κ3) is 3.12. The Morgan fingerprint density at radius 1 is 1.26 bits per heavy atom. The fraction of sp³-hybridized carbons (Fsp3) is 0.579. The second kappa shape index (κ2) is 6.73. The lowest BCUT2D eigenvalue weighted by Crippen LogP contribution is -2.43. The number of aliphatic carboxylic acids is 1. The lowest BCUT2D eigenvalue weighted by atomic mass is 9.92. The van der Waals surface area contributed by atoms with E-state index >= 15 is 0 Å². The highest BCUT2D eigenvalue weighted by Crippen LogP contribution is 2.43. The first-order valence-electron chi connectivity index (χ1n) is 8.69. The van der Waals surface area contributed by atoms with E-state index in [9.17, 15) is 14.7 Å². The summed E-state index contributed by atoms with van der Waals surface area (Å²) in [5.41, 5.74) is 1.16. The zero-order valence-electron chi connectivity index (χ0n) is 13.6. The van der Waals surface area contributed by atoms with Crippen molar-refractivity contribution in [3.63, 3.8) is 0 Å². The Hall–Kier alpha value is -1.84. The van der Waals surface area contributed by atoms with Gasteiger partial charge in [-0.1, -0.05) is 43.7 Å². The molecule has 0 bridgehead atoms. The van der Waals surface area contributed by atoms with Crippen LogP contribution in [0.3, 0.4) is 0 Å². The number of nitrogens with zero attached hydrogens (tertiary/aromatic N) is 1. The van der Waals surface area contributed by atoms with Gasteiger partial charge in [0.05, 0.1) is 0 Å². The second-order valence-electron chi connectivity index (χ2n) is 6.90. The van der Waals surface area contributed by atoms with Crippen LogP contribution in [0.25, 0.3) is 0 Å². The van der Waals surface area contributed by atoms with Gasteiger partial charge in [-0.15, -0.1) is 0 Å². The summed E-state index contributed by atoms with van der Waals surface area (Å²) >= 11 is 0. The van der Waals surface area contributed by atoms with E-state index in [1.165, 1.54) is 0 Å². The molecule has 4 atom stereocenters. The highest BCUT2D eigenvalue weighted by molar-refractivity contribution is 5.85. The van der Waals surface area contributed by atoms with Crippen LogP contribution in [-0.4, -0.2) is 34.5 Å². The molecule has 4 heteroatoms. The summed E-state index contributed by atoms with van der Waals surface area (Å²) in [5, 5.41) is 9.59. The normalized spacial score (nSPS) is 27.7. The monoisotopic (exact) mass is 315 g/mol. The molecular weight excluding hydrogens is 290 g/mol.